The molecular formula is C18H16F5N5O2. The van der Waals surface area contributed by atoms with Crippen LogP contribution in [0.15, 0.2) is 32.8 Å². The highest BCUT2D eigenvalue weighted by atomic mass is 19.4. The quantitative estimate of drug-likeness (QED) is 0.731. The Morgan fingerprint density at radius 1 is 1.33 bits per heavy atom. The smallest absolute Gasteiger partial charge is 0.425 e. The van der Waals surface area contributed by atoms with Crippen LogP contribution in [-0.4, -0.2) is 35.8 Å². The summed E-state index contributed by atoms with van der Waals surface area (Å²) in [6.45, 7) is 0.417. The maximum absolute atomic E-state index is 14.9. The molecular weight excluding hydrogens is 413 g/mol. The van der Waals surface area contributed by atoms with E-state index in [2.05, 4.69) is 25.0 Å². The third-order valence-corrected chi connectivity index (χ3v) is 4.91. The number of aliphatic imine (C=N–C) groups is 2. The molecule has 12 heteroatoms. The minimum Gasteiger partial charge on any atom is -0.452 e. The lowest BCUT2D eigenvalue weighted by atomic mass is 9.83. The Kier molecular flexibility index (Phi) is 4.66. The molecule has 2 atom stereocenters. The molecule has 1 aromatic carbocycles. The molecule has 0 saturated carbocycles. The molecule has 7 nitrogen and oxygen atoms in total. The first kappa shape index (κ1) is 20.1. The highest BCUT2D eigenvalue weighted by molar-refractivity contribution is 5.99. The molecule has 1 aromatic heterocycles. The van der Waals surface area contributed by atoms with Gasteiger partial charge < -0.3 is 20.2 Å². The molecule has 2 aliphatic rings. The van der Waals surface area contributed by atoms with E-state index in [1.54, 1.807) is 6.92 Å². The van der Waals surface area contributed by atoms with E-state index in [-0.39, 0.29) is 17.8 Å². The van der Waals surface area contributed by atoms with Crippen molar-refractivity contribution in [3.8, 4) is 0 Å². The van der Waals surface area contributed by atoms with Crippen molar-refractivity contribution in [1.29, 1.82) is 0 Å². The van der Waals surface area contributed by atoms with E-state index in [9.17, 15) is 22.0 Å². The number of aromatic nitrogens is 1. The minimum absolute atomic E-state index is 0.180. The van der Waals surface area contributed by atoms with Gasteiger partial charge in [0.2, 0.25) is 0 Å². The lowest BCUT2D eigenvalue weighted by molar-refractivity contribution is -0.209. The van der Waals surface area contributed by atoms with Crippen LogP contribution in [0.3, 0.4) is 0 Å². The van der Waals surface area contributed by atoms with E-state index < -0.39 is 42.8 Å². The predicted octanol–water partition coefficient (Wildman–Crippen LogP) is 3.13. The molecule has 0 bridgehead atoms. The van der Waals surface area contributed by atoms with E-state index in [1.807, 2.05) is 0 Å². The molecule has 160 valence electrons. The molecule has 2 aliphatic heterocycles. The van der Waals surface area contributed by atoms with Crippen LogP contribution in [0.4, 0.5) is 27.6 Å². The fraction of sp³-hybridized carbons (Fsp3) is 0.389. The summed E-state index contributed by atoms with van der Waals surface area (Å²) in [5, 5.41) is 2.96. The number of fused-ring (bicyclic) bond motifs is 1. The average molecular weight is 429 g/mol. The second kappa shape index (κ2) is 6.96. The van der Waals surface area contributed by atoms with Crippen LogP contribution >= 0.6 is 0 Å². The molecule has 0 aliphatic carbocycles. The first-order chi connectivity index (χ1) is 14.1. The van der Waals surface area contributed by atoms with Crippen molar-refractivity contribution in [2.75, 3.05) is 6.67 Å². The van der Waals surface area contributed by atoms with Crippen LogP contribution in [0.2, 0.25) is 0 Å². The number of nitrogens with one attached hydrogen (secondary N) is 1. The van der Waals surface area contributed by atoms with Gasteiger partial charge >= 0.3 is 6.18 Å². The third kappa shape index (κ3) is 3.46. The number of rotatable bonds is 3. The molecule has 3 heterocycles. The number of ether oxygens (including phenoxy) is 1. The summed E-state index contributed by atoms with van der Waals surface area (Å²) < 4.78 is 78.3. The van der Waals surface area contributed by atoms with Gasteiger partial charge in [-0.25, -0.2) is 23.7 Å². The standard InChI is InChI=1S/C18H16F5N5O2/c1-8-26-13(6-29-8)15-25-5-9-2-11(20)10(3-12(9)27-15)17(7-19)4-14(18(21,22)23)30-16(24)28-17/h2-3,6,14H,4-5,7H2,1H3,(H2,24,28)(H,25,27)/t14-,17?/m0/s1. The van der Waals surface area contributed by atoms with Gasteiger partial charge in [0.1, 0.15) is 30.0 Å². The highest BCUT2D eigenvalue weighted by Crippen LogP contribution is 2.43. The van der Waals surface area contributed by atoms with Crippen LogP contribution in [-0.2, 0) is 16.8 Å². The van der Waals surface area contributed by atoms with Gasteiger partial charge in [-0.05, 0) is 17.7 Å². The summed E-state index contributed by atoms with van der Waals surface area (Å²) in [6.07, 6.45) is -6.83. The fourth-order valence-corrected chi connectivity index (χ4v) is 3.45. The lowest BCUT2D eigenvalue weighted by Gasteiger charge is -2.37. The molecule has 3 N–H and O–H groups in total. The first-order valence-corrected chi connectivity index (χ1v) is 8.84. The van der Waals surface area contributed by atoms with Crippen LogP contribution < -0.4 is 11.1 Å². The van der Waals surface area contributed by atoms with E-state index in [4.69, 9.17) is 10.2 Å². The number of hydrogen-bond donors (Lipinski definition) is 2. The Balaban J connectivity index is 1.80. The molecule has 30 heavy (non-hydrogen) atoms. The Morgan fingerprint density at radius 3 is 2.73 bits per heavy atom. The molecule has 1 unspecified atom stereocenters. The van der Waals surface area contributed by atoms with E-state index in [1.165, 1.54) is 12.3 Å². The zero-order valence-corrected chi connectivity index (χ0v) is 15.6. The molecule has 2 aromatic rings. The summed E-state index contributed by atoms with van der Waals surface area (Å²) in [5.41, 5.74) is 3.89. The Morgan fingerprint density at radius 2 is 2.10 bits per heavy atom. The van der Waals surface area contributed by atoms with Crippen LogP contribution in [0.1, 0.15) is 29.1 Å². The van der Waals surface area contributed by atoms with Gasteiger partial charge in [0.15, 0.2) is 17.8 Å². The van der Waals surface area contributed by atoms with Crippen molar-refractivity contribution in [3.63, 3.8) is 0 Å². The summed E-state index contributed by atoms with van der Waals surface area (Å²) in [7, 11) is 0. The first-order valence-electron chi connectivity index (χ1n) is 8.84. The van der Waals surface area contributed by atoms with Crippen LogP contribution in [0.5, 0.6) is 0 Å². The fourth-order valence-electron chi connectivity index (χ4n) is 3.45. The number of aryl methyl sites for hydroxylation is 1. The summed E-state index contributed by atoms with van der Waals surface area (Å²) in [4.78, 5) is 12.2. The number of nitrogens with two attached hydrogens (primary N) is 1. The van der Waals surface area contributed by atoms with Crippen molar-refractivity contribution in [2.24, 2.45) is 15.7 Å². The highest BCUT2D eigenvalue weighted by Gasteiger charge is 2.52. The van der Waals surface area contributed by atoms with Gasteiger partial charge in [-0.15, -0.1) is 0 Å². The van der Waals surface area contributed by atoms with Crippen molar-refractivity contribution in [3.05, 3.63) is 46.9 Å². The number of oxazole rings is 1. The van der Waals surface area contributed by atoms with Gasteiger partial charge in [0.05, 0.1) is 5.69 Å². The van der Waals surface area contributed by atoms with E-state index >= 15 is 0 Å². The number of alkyl halides is 4. The second-order valence-corrected chi connectivity index (χ2v) is 6.99. The number of nitrogens with zero attached hydrogens (tertiary/aromatic N) is 3. The number of benzene rings is 1. The zero-order chi connectivity index (χ0) is 21.7. The Hall–Kier alpha value is -3.18. The largest absolute Gasteiger partial charge is 0.452 e. The number of halogens is 5. The number of hydrogen-bond acceptors (Lipinski definition) is 7. The second-order valence-electron chi connectivity index (χ2n) is 6.99. The lowest BCUT2D eigenvalue weighted by Crippen LogP contribution is -2.48. The Bertz CT molecular complexity index is 1050. The minimum atomic E-state index is -4.83. The molecule has 0 radical (unpaired) electrons. The van der Waals surface area contributed by atoms with Crippen molar-refractivity contribution < 1.29 is 31.1 Å². The molecule has 0 spiro atoms. The van der Waals surface area contributed by atoms with Gasteiger partial charge in [0.25, 0.3) is 6.02 Å². The SMILES string of the molecule is Cc1nc(C2=Nc3cc(C4(CF)C[C@@H](C(F)(F)F)OC(N)=N4)c(F)cc3CN2)co1. The Labute approximate surface area is 166 Å². The monoisotopic (exact) mass is 429 g/mol. The predicted molar refractivity (Wildman–Crippen MR) is 95.5 cm³/mol. The molecule has 0 fully saturated rings. The normalized spacial score (nSPS) is 23.7. The zero-order valence-electron chi connectivity index (χ0n) is 15.6. The van der Waals surface area contributed by atoms with Crippen molar-refractivity contribution in [1.82, 2.24) is 10.3 Å². The van der Waals surface area contributed by atoms with Gasteiger partial charge in [-0.3, -0.25) is 0 Å². The third-order valence-electron chi connectivity index (χ3n) is 4.91. The van der Waals surface area contributed by atoms with E-state index in [0.717, 1.165) is 6.07 Å². The summed E-state index contributed by atoms with van der Waals surface area (Å²) in [6, 6.07) is 1.42. The summed E-state index contributed by atoms with van der Waals surface area (Å²) >= 11 is 0. The van der Waals surface area contributed by atoms with Crippen molar-refractivity contribution in [2.45, 2.75) is 37.7 Å². The van der Waals surface area contributed by atoms with Crippen molar-refractivity contribution >= 4 is 17.5 Å². The maximum Gasteiger partial charge on any atom is 0.425 e. The maximum atomic E-state index is 14.9. The molecule has 4 rings (SSSR count). The summed E-state index contributed by atoms with van der Waals surface area (Å²) in [5.74, 6) is -0.181. The van der Waals surface area contributed by atoms with Gasteiger partial charge in [0, 0.05) is 25.5 Å². The number of amidine groups is 2. The van der Waals surface area contributed by atoms with Gasteiger partial charge in [-0.2, -0.15) is 13.2 Å². The molecule has 0 saturated heterocycles. The molecule has 0 amide bonds. The topological polar surface area (TPSA) is 98.0 Å². The van der Waals surface area contributed by atoms with E-state index in [0.29, 0.717) is 23.0 Å². The van der Waals surface area contributed by atoms with Gasteiger partial charge in [-0.1, -0.05) is 0 Å². The van der Waals surface area contributed by atoms with Crippen LogP contribution in [0.25, 0.3) is 0 Å². The van der Waals surface area contributed by atoms with Crippen LogP contribution in [0, 0.1) is 12.7 Å². The average Bonchev–Trinajstić information content (AvgIpc) is 3.12.